The molecule has 0 atom stereocenters. The lowest BCUT2D eigenvalue weighted by molar-refractivity contribution is -0.206. The number of hydrogen-bond acceptors (Lipinski definition) is 3. The molecule has 1 aliphatic heterocycles. The molecule has 1 aliphatic carbocycles. The van der Waals surface area contributed by atoms with E-state index in [1.807, 2.05) is 0 Å². The smallest absolute Gasteiger partial charge is 0.387 e. The van der Waals surface area contributed by atoms with Crippen LogP contribution in [0.4, 0.5) is 8.78 Å². The highest BCUT2D eigenvalue weighted by atomic mass is 19.3. The van der Waals surface area contributed by atoms with E-state index in [0.717, 1.165) is 23.8 Å². The van der Waals surface area contributed by atoms with Crippen LogP contribution in [-0.4, -0.2) is 19.8 Å². The number of hydrogen-bond donors (Lipinski definition) is 0. The van der Waals surface area contributed by atoms with Crippen molar-refractivity contribution < 1.29 is 23.0 Å². The number of rotatable bonds is 6. The minimum absolute atomic E-state index is 0.147. The van der Waals surface area contributed by atoms with Crippen molar-refractivity contribution in [2.24, 2.45) is 17.8 Å². The van der Waals surface area contributed by atoms with E-state index in [1.54, 1.807) is 12.1 Å². The van der Waals surface area contributed by atoms with Gasteiger partial charge in [-0.25, -0.2) is 0 Å². The summed E-state index contributed by atoms with van der Waals surface area (Å²) in [5, 5.41) is 0. The highest BCUT2D eigenvalue weighted by molar-refractivity contribution is 5.28. The summed E-state index contributed by atoms with van der Waals surface area (Å²) in [6, 6.07) is 6.46. The molecule has 1 aromatic rings. The highest BCUT2D eigenvalue weighted by Gasteiger charge is 2.25. The maximum Gasteiger partial charge on any atom is 0.387 e. The molecule has 140 valence electrons. The van der Waals surface area contributed by atoms with Crippen molar-refractivity contribution in [2.45, 2.75) is 58.4 Å². The molecule has 3 rings (SSSR count). The summed E-state index contributed by atoms with van der Waals surface area (Å²) in [7, 11) is 0. The monoisotopic (exact) mass is 354 g/mol. The first-order valence-electron chi connectivity index (χ1n) is 9.38. The van der Waals surface area contributed by atoms with Gasteiger partial charge in [-0.05, 0) is 30.4 Å². The lowest BCUT2D eigenvalue weighted by Crippen LogP contribution is -2.27. The molecule has 0 unspecified atom stereocenters. The van der Waals surface area contributed by atoms with Crippen LogP contribution in [0.2, 0.25) is 0 Å². The van der Waals surface area contributed by atoms with Crippen LogP contribution >= 0.6 is 0 Å². The van der Waals surface area contributed by atoms with Gasteiger partial charge >= 0.3 is 6.61 Å². The second-order valence-corrected chi connectivity index (χ2v) is 7.52. The van der Waals surface area contributed by atoms with Crippen LogP contribution in [0.5, 0.6) is 5.75 Å². The van der Waals surface area contributed by atoms with Crippen molar-refractivity contribution >= 4 is 0 Å². The molecule has 3 nitrogen and oxygen atoms in total. The zero-order valence-corrected chi connectivity index (χ0v) is 14.8. The molecule has 1 saturated carbocycles. The van der Waals surface area contributed by atoms with Crippen LogP contribution in [0.3, 0.4) is 0 Å². The van der Waals surface area contributed by atoms with E-state index in [9.17, 15) is 8.78 Å². The Kier molecular flexibility index (Phi) is 6.65. The van der Waals surface area contributed by atoms with Crippen LogP contribution in [0, 0.1) is 17.8 Å². The van der Waals surface area contributed by atoms with Crippen molar-refractivity contribution in [1.29, 1.82) is 0 Å². The van der Waals surface area contributed by atoms with E-state index in [2.05, 4.69) is 11.7 Å². The molecule has 1 saturated heterocycles. The zero-order chi connectivity index (χ0) is 17.6. The number of ether oxygens (including phenoxy) is 3. The van der Waals surface area contributed by atoms with Crippen molar-refractivity contribution in [3.63, 3.8) is 0 Å². The Balaban J connectivity index is 1.39. The molecule has 0 spiro atoms. The molecule has 0 radical (unpaired) electrons. The van der Waals surface area contributed by atoms with Crippen LogP contribution in [0.15, 0.2) is 24.3 Å². The Morgan fingerprint density at radius 3 is 2.16 bits per heavy atom. The minimum atomic E-state index is -2.80. The normalized spacial score (nSPS) is 30.4. The van der Waals surface area contributed by atoms with Gasteiger partial charge in [-0.3, -0.25) is 0 Å². The second kappa shape index (κ2) is 8.95. The number of benzene rings is 1. The van der Waals surface area contributed by atoms with Crippen LogP contribution < -0.4 is 4.74 Å². The topological polar surface area (TPSA) is 27.7 Å². The van der Waals surface area contributed by atoms with E-state index in [-0.39, 0.29) is 5.75 Å². The van der Waals surface area contributed by atoms with E-state index in [4.69, 9.17) is 9.47 Å². The largest absolute Gasteiger partial charge is 0.435 e. The summed E-state index contributed by atoms with van der Waals surface area (Å²) in [4.78, 5) is 0. The summed E-state index contributed by atoms with van der Waals surface area (Å²) in [6.45, 7) is 0.943. The molecule has 0 amide bonds. The molecule has 0 bridgehead atoms. The first kappa shape index (κ1) is 18.6. The quantitative estimate of drug-likeness (QED) is 0.670. The van der Waals surface area contributed by atoms with Crippen molar-refractivity contribution in [3.8, 4) is 5.75 Å². The van der Waals surface area contributed by atoms with Crippen LogP contribution in [-0.2, 0) is 9.47 Å². The average Bonchev–Trinajstić information content (AvgIpc) is 2.62. The Bertz CT molecular complexity index is 504. The molecule has 0 aromatic heterocycles. The maximum atomic E-state index is 12.2. The Hall–Kier alpha value is -1.20. The van der Waals surface area contributed by atoms with Gasteiger partial charge in [0.15, 0.2) is 6.29 Å². The summed E-state index contributed by atoms with van der Waals surface area (Å²) >= 11 is 0. The molecule has 1 aromatic carbocycles. The van der Waals surface area contributed by atoms with Crippen molar-refractivity contribution in [3.05, 3.63) is 29.8 Å². The maximum absolute atomic E-state index is 12.2. The number of halogens is 2. The summed E-state index contributed by atoms with van der Waals surface area (Å²) < 4.78 is 40.4. The summed E-state index contributed by atoms with van der Waals surface area (Å²) in [5.74, 6) is 2.37. The van der Waals surface area contributed by atoms with Gasteiger partial charge in [-0.2, -0.15) is 8.78 Å². The molecule has 1 heterocycles. The first-order valence-corrected chi connectivity index (χ1v) is 9.38. The van der Waals surface area contributed by atoms with E-state index >= 15 is 0 Å². The van der Waals surface area contributed by atoms with Crippen molar-refractivity contribution in [1.82, 2.24) is 0 Å². The third-order valence-electron chi connectivity index (χ3n) is 5.46. The fourth-order valence-electron chi connectivity index (χ4n) is 3.80. The SMILES string of the molecule is CC1CCC(CCC2COC(c3ccc(OC(F)F)cc3)OC2)CC1. The molecule has 2 aliphatic rings. The average molecular weight is 354 g/mol. The van der Waals surface area contributed by atoms with Gasteiger partial charge in [-0.15, -0.1) is 0 Å². The predicted octanol–water partition coefficient (Wildman–Crippen LogP) is 5.56. The molecule has 0 N–H and O–H groups in total. The molecule has 5 heteroatoms. The standard InChI is InChI=1S/C20H28F2O3/c1-14-2-4-15(5-3-14)6-7-16-12-23-19(24-13-16)17-8-10-18(11-9-17)25-20(21)22/h8-11,14-16,19-20H,2-7,12-13H2,1H3. The lowest BCUT2D eigenvalue weighted by Gasteiger charge is -2.31. The predicted molar refractivity (Wildman–Crippen MR) is 91.6 cm³/mol. The van der Waals surface area contributed by atoms with Gasteiger partial charge in [-0.1, -0.05) is 51.2 Å². The van der Waals surface area contributed by atoms with E-state index in [0.29, 0.717) is 19.1 Å². The Morgan fingerprint density at radius 2 is 1.56 bits per heavy atom. The van der Waals surface area contributed by atoms with Gasteiger partial charge in [0.25, 0.3) is 0 Å². The second-order valence-electron chi connectivity index (χ2n) is 7.52. The van der Waals surface area contributed by atoms with Crippen LogP contribution in [0.1, 0.15) is 57.3 Å². The van der Waals surface area contributed by atoms with Gasteiger partial charge in [0.1, 0.15) is 5.75 Å². The zero-order valence-electron chi connectivity index (χ0n) is 14.8. The van der Waals surface area contributed by atoms with Gasteiger partial charge in [0.2, 0.25) is 0 Å². The third kappa shape index (κ3) is 5.65. The minimum Gasteiger partial charge on any atom is -0.435 e. The Labute approximate surface area is 148 Å². The molecule has 2 fully saturated rings. The fraction of sp³-hybridized carbons (Fsp3) is 0.700. The van der Waals surface area contributed by atoms with Gasteiger partial charge in [0.05, 0.1) is 13.2 Å². The lowest BCUT2D eigenvalue weighted by atomic mass is 9.80. The molecule has 25 heavy (non-hydrogen) atoms. The fourth-order valence-corrected chi connectivity index (χ4v) is 3.80. The van der Waals surface area contributed by atoms with Gasteiger partial charge < -0.3 is 14.2 Å². The van der Waals surface area contributed by atoms with Gasteiger partial charge in [0, 0.05) is 11.5 Å². The summed E-state index contributed by atoms with van der Waals surface area (Å²) in [5.41, 5.74) is 0.835. The third-order valence-corrected chi connectivity index (χ3v) is 5.46. The first-order chi connectivity index (χ1) is 12.1. The molecular weight excluding hydrogens is 326 g/mol. The highest BCUT2D eigenvalue weighted by Crippen LogP contribution is 2.34. The van der Waals surface area contributed by atoms with Crippen molar-refractivity contribution in [2.75, 3.05) is 13.2 Å². The number of alkyl halides is 2. The molecular formula is C20H28F2O3. The van der Waals surface area contributed by atoms with Crippen LogP contribution in [0.25, 0.3) is 0 Å². The van der Waals surface area contributed by atoms with E-state index in [1.165, 1.54) is 44.2 Å². The van der Waals surface area contributed by atoms with E-state index < -0.39 is 12.9 Å². The summed E-state index contributed by atoms with van der Waals surface area (Å²) in [6.07, 6.45) is 7.50. The Morgan fingerprint density at radius 1 is 0.960 bits per heavy atom.